The zero-order valence-corrected chi connectivity index (χ0v) is 10.3. The van der Waals surface area contributed by atoms with Gasteiger partial charge in [0.15, 0.2) is 0 Å². The molecule has 0 bridgehead atoms. The van der Waals surface area contributed by atoms with E-state index < -0.39 is 0 Å². The van der Waals surface area contributed by atoms with E-state index in [1.165, 1.54) is 11.3 Å². The number of carbonyl (C=O) groups is 1. The van der Waals surface area contributed by atoms with Gasteiger partial charge in [-0.15, -0.1) is 11.3 Å². The van der Waals surface area contributed by atoms with E-state index in [9.17, 15) is 4.79 Å². The Hall–Kier alpha value is -1.07. The summed E-state index contributed by atoms with van der Waals surface area (Å²) in [5.41, 5.74) is 6.23. The number of anilines is 1. The van der Waals surface area contributed by atoms with Crippen molar-refractivity contribution in [2.45, 2.75) is 19.8 Å². The second kappa shape index (κ2) is 6.50. The number of nitrogens with zero attached hydrogens (tertiary/aromatic N) is 1. The number of nitrogens with two attached hydrogens (primary N) is 1. The lowest BCUT2D eigenvalue weighted by Crippen LogP contribution is -2.34. The van der Waals surface area contributed by atoms with Crippen LogP contribution in [0, 0.1) is 0 Å². The summed E-state index contributed by atoms with van der Waals surface area (Å²) < 4.78 is 0. The third kappa shape index (κ3) is 3.21. The summed E-state index contributed by atoms with van der Waals surface area (Å²) in [6.07, 6.45) is 1.96. The van der Waals surface area contributed by atoms with Crippen LogP contribution in [-0.4, -0.2) is 35.6 Å². The van der Waals surface area contributed by atoms with E-state index in [2.05, 4.69) is 6.92 Å². The quantitative estimate of drug-likeness (QED) is 0.795. The van der Waals surface area contributed by atoms with Crippen LogP contribution in [0.2, 0.25) is 0 Å². The first kappa shape index (κ1) is 13.0. The normalized spacial score (nSPS) is 10.4. The van der Waals surface area contributed by atoms with Gasteiger partial charge in [0.25, 0.3) is 5.91 Å². The van der Waals surface area contributed by atoms with E-state index in [-0.39, 0.29) is 12.5 Å². The molecule has 90 valence electrons. The van der Waals surface area contributed by atoms with E-state index in [1.54, 1.807) is 16.3 Å². The monoisotopic (exact) mass is 242 g/mol. The second-order valence-electron chi connectivity index (χ2n) is 3.57. The van der Waals surface area contributed by atoms with Crippen molar-refractivity contribution in [1.82, 2.24) is 4.90 Å². The molecule has 1 amide bonds. The number of unbranched alkanes of at least 4 members (excludes halogenated alkanes) is 1. The number of hydrogen-bond acceptors (Lipinski definition) is 4. The van der Waals surface area contributed by atoms with Crippen LogP contribution in [0.5, 0.6) is 0 Å². The van der Waals surface area contributed by atoms with Gasteiger partial charge in [-0.2, -0.15) is 0 Å². The molecule has 1 aromatic heterocycles. The number of nitrogen functional groups attached to an aromatic ring is 1. The van der Waals surface area contributed by atoms with Crippen LogP contribution in [-0.2, 0) is 0 Å². The second-order valence-corrected chi connectivity index (χ2v) is 4.49. The third-order valence-corrected chi connectivity index (χ3v) is 3.25. The third-order valence-electron chi connectivity index (χ3n) is 2.33. The van der Waals surface area contributed by atoms with Crippen molar-refractivity contribution >= 4 is 22.9 Å². The zero-order valence-electron chi connectivity index (χ0n) is 9.48. The van der Waals surface area contributed by atoms with Crippen molar-refractivity contribution in [3.05, 3.63) is 16.3 Å². The molecule has 0 spiro atoms. The van der Waals surface area contributed by atoms with E-state index >= 15 is 0 Å². The molecule has 1 aromatic rings. The van der Waals surface area contributed by atoms with E-state index in [1.807, 2.05) is 0 Å². The Balaban J connectivity index is 2.70. The summed E-state index contributed by atoms with van der Waals surface area (Å²) in [5.74, 6) is -0.0741. The van der Waals surface area contributed by atoms with E-state index in [4.69, 9.17) is 10.8 Å². The minimum Gasteiger partial charge on any atom is -0.397 e. The summed E-state index contributed by atoms with van der Waals surface area (Å²) in [5, 5.41) is 10.7. The van der Waals surface area contributed by atoms with Gasteiger partial charge >= 0.3 is 0 Å². The summed E-state index contributed by atoms with van der Waals surface area (Å²) in [4.78, 5) is 14.3. The molecule has 3 N–H and O–H groups in total. The Morgan fingerprint density at radius 2 is 2.31 bits per heavy atom. The smallest absolute Gasteiger partial charge is 0.266 e. The molecule has 16 heavy (non-hydrogen) atoms. The molecule has 0 aliphatic rings. The molecule has 0 unspecified atom stereocenters. The van der Waals surface area contributed by atoms with Gasteiger partial charge in [0.05, 0.1) is 12.3 Å². The first-order valence-corrected chi connectivity index (χ1v) is 6.31. The maximum atomic E-state index is 12.1. The average molecular weight is 242 g/mol. The number of hydrogen-bond donors (Lipinski definition) is 2. The molecule has 0 saturated heterocycles. The van der Waals surface area contributed by atoms with Gasteiger partial charge in [-0.3, -0.25) is 4.79 Å². The molecule has 0 saturated carbocycles. The summed E-state index contributed by atoms with van der Waals surface area (Å²) in [6.45, 7) is 3.10. The fourth-order valence-electron chi connectivity index (χ4n) is 1.42. The first-order chi connectivity index (χ1) is 7.70. The lowest BCUT2D eigenvalue weighted by Gasteiger charge is -2.21. The highest BCUT2D eigenvalue weighted by Crippen LogP contribution is 2.20. The van der Waals surface area contributed by atoms with Crippen LogP contribution in [0.4, 0.5) is 5.69 Å². The molecular weight excluding hydrogens is 224 g/mol. The molecule has 1 rings (SSSR count). The number of thiophene rings is 1. The van der Waals surface area contributed by atoms with Crippen LogP contribution in [0.25, 0.3) is 0 Å². The summed E-state index contributed by atoms with van der Waals surface area (Å²) >= 11 is 1.35. The number of aliphatic hydroxyl groups excluding tert-OH is 1. The summed E-state index contributed by atoms with van der Waals surface area (Å²) in [7, 11) is 0. The Bertz CT molecular complexity index is 338. The fourth-order valence-corrected chi connectivity index (χ4v) is 2.21. The van der Waals surface area contributed by atoms with E-state index in [0.717, 1.165) is 12.8 Å². The van der Waals surface area contributed by atoms with Gasteiger partial charge in [-0.05, 0) is 17.9 Å². The molecule has 0 atom stereocenters. The van der Waals surface area contributed by atoms with Crippen LogP contribution in [0.15, 0.2) is 11.4 Å². The maximum absolute atomic E-state index is 12.1. The molecule has 4 nitrogen and oxygen atoms in total. The van der Waals surface area contributed by atoms with Crippen molar-refractivity contribution in [2.75, 3.05) is 25.4 Å². The van der Waals surface area contributed by atoms with Gasteiger partial charge in [-0.1, -0.05) is 13.3 Å². The zero-order chi connectivity index (χ0) is 12.0. The highest BCUT2D eigenvalue weighted by Gasteiger charge is 2.18. The molecule has 0 aromatic carbocycles. The number of rotatable bonds is 6. The van der Waals surface area contributed by atoms with Gasteiger partial charge < -0.3 is 15.7 Å². The first-order valence-electron chi connectivity index (χ1n) is 5.43. The van der Waals surface area contributed by atoms with Gasteiger partial charge in [0.1, 0.15) is 4.88 Å². The van der Waals surface area contributed by atoms with Gasteiger partial charge in [0, 0.05) is 13.1 Å². The van der Waals surface area contributed by atoms with Crippen LogP contribution >= 0.6 is 11.3 Å². The average Bonchev–Trinajstić information content (AvgIpc) is 2.69. The van der Waals surface area contributed by atoms with Crippen molar-refractivity contribution in [3.63, 3.8) is 0 Å². The Labute approximate surface area is 99.7 Å². The van der Waals surface area contributed by atoms with Crippen LogP contribution < -0.4 is 5.73 Å². The lowest BCUT2D eigenvalue weighted by molar-refractivity contribution is 0.0725. The van der Waals surface area contributed by atoms with Crippen molar-refractivity contribution in [2.24, 2.45) is 0 Å². The van der Waals surface area contributed by atoms with Crippen molar-refractivity contribution in [1.29, 1.82) is 0 Å². The largest absolute Gasteiger partial charge is 0.397 e. The highest BCUT2D eigenvalue weighted by atomic mass is 32.1. The highest BCUT2D eigenvalue weighted by molar-refractivity contribution is 7.12. The van der Waals surface area contributed by atoms with Crippen LogP contribution in [0.3, 0.4) is 0 Å². The minimum atomic E-state index is -0.0741. The maximum Gasteiger partial charge on any atom is 0.266 e. The lowest BCUT2D eigenvalue weighted by atomic mass is 10.3. The minimum absolute atomic E-state index is 0.0132. The molecule has 0 aliphatic carbocycles. The molecular formula is C11H18N2O2S. The number of aliphatic hydroxyl groups is 1. The predicted molar refractivity (Wildman–Crippen MR) is 66.6 cm³/mol. The SMILES string of the molecule is CCCCN(CCO)C(=O)c1sccc1N. The van der Waals surface area contributed by atoms with E-state index in [0.29, 0.717) is 23.7 Å². The Morgan fingerprint density at radius 1 is 1.56 bits per heavy atom. The molecule has 0 radical (unpaired) electrons. The molecule has 1 heterocycles. The van der Waals surface area contributed by atoms with Gasteiger partial charge in [0.2, 0.25) is 0 Å². The summed E-state index contributed by atoms with van der Waals surface area (Å²) in [6, 6.07) is 1.73. The standard InChI is InChI=1S/C11H18N2O2S/c1-2-3-5-13(6-7-14)11(15)10-9(12)4-8-16-10/h4,8,14H,2-3,5-7,12H2,1H3. The molecule has 0 aliphatic heterocycles. The Kier molecular flexibility index (Phi) is 5.28. The Morgan fingerprint density at radius 3 is 2.81 bits per heavy atom. The predicted octanol–water partition coefficient (Wildman–Crippen LogP) is 1.56. The van der Waals surface area contributed by atoms with Crippen molar-refractivity contribution < 1.29 is 9.90 Å². The van der Waals surface area contributed by atoms with Crippen LogP contribution in [0.1, 0.15) is 29.4 Å². The van der Waals surface area contributed by atoms with Gasteiger partial charge in [-0.25, -0.2) is 0 Å². The fraction of sp³-hybridized carbons (Fsp3) is 0.545. The number of amides is 1. The number of carbonyl (C=O) groups excluding carboxylic acids is 1. The molecule has 5 heteroatoms. The topological polar surface area (TPSA) is 66.6 Å². The molecule has 0 fully saturated rings. The van der Waals surface area contributed by atoms with Crippen molar-refractivity contribution in [3.8, 4) is 0 Å².